The van der Waals surface area contributed by atoms with Crippen molar-refractivity contribution in [3.05, 3.63) is 23.3 Å². The number of hydrogen-bond acceptors (Lipinski definition) is 2. The fourth-order valence-electron chi connectivity index (χ4n) is 2.34. The van der Waals surface area contributed by atoms with Gasteiger partial charge in [-0.05, 0) is 42.9 Å². The lowest BCUT2D eigenvalue weighted by Crippen LogP contribution is -2.01. The molecule has 3 N–H and O–H groups in total. The molecule has 0 unspecified atom stereocenters. The Hall–Kier alpha value is -1.18. The molecule has 0 aromatic heterocycles. The minimum absolute atomic E-state index is 0.237. The third-order valence-corrected chi connectivity index (χ3v) is 3.51. The number of benzene rings is 1. The molecule has 0 fully saturated rings. The summed E-state index contributed by atoms with van der Waals surface area (Å²) in [4.78, 5) is 0. The third-order valence-electron chi connectivity index (χ3n) is 3.51. The summed E-state index contributed by atoms with van der Waals surface area (Å²) in [5.41, 5.74) is 9.13. The van der Waals surface area contributed by atoms with Gasteiger partial charge in [-0.25, -0.2) is 0 Å². The van der Waals surface area contributed by atoms with E-state index < -0.39 is 0 Å². The number of rotatable bonds is 8. The topological polar surface area (TPSA) is 46.2 Å². The van der Waals surface area contributed by atoms with Crippen LogP contribution in [0.4, 0.5) is 5.69 Å². The van der Waals surface area contributed by atoms with Crippen molar-refractivity contribution in [2.24, 2.45) is 0 Å². The highest BCUT2D eigenvalue weighted by Gasteiger charge is 2.09. The zero-order valence-corrected chi connectivity index (χ0v) is 11.8. The van der Waals surface area contributed by atoms with Gasteiger partial charge >= 0.3 is 0 Å². The molecule has 0 radical (unpaired) electrons. The highest BCUT2D eigenvalue weighted by Crippen LogP contribution is 2.29. The summed E-state index contributed by atoms with van der Waals surface area (Å²) in [7, 11) is 0. The molecule has 0 aliphatic heterocycles. The van der Waals surface area contributed by atoms with Crippen LogP contribution in [0.15, 0.2) is 12.1 Å². The normalized spacial score (nSPS) is 10.8. The predicted octanol–water partition coefficient (Wildman–Crippen LogP) is 4.44. The molecule has 1 aromatic carbocycles. The second-order valence-electron chi connectivity index (χ2n) is 5.05. The minimum atomic E-state index is 0.237. The Bertz CT molecular complexity index is 360. The van der Waals surface area contributed by atoms with Crippen LogP contribution in [0, 0.1) is 0 Å². The number of anilines is 1. The van der Waals surface area contributed by atoms with Crippen molar-refractivity contribution >= 4 is 5.69 Å². The molecule has 18 heavy (non-hydrogen) atoms. The second-order valence-corrected chi connectivity index (χ2v) is 5.05. The fraction of sp³-hybridized carbons (Fsp3) is 0.625. The van der Waals surface area contributed by atoms with Gasteiger partial charge in [0.15, 0.2) is 0 Å². The van der Waals surface area contributed by atoms with Crippen LogP contribution in [-0.4, -0.2) is 5.11 Å². The molecule has 2 heteroatoms. The third kappa shape index (κ3) is 4.25. The lowest BCUT2D eigenvalue weighted by atomic mass is 9.95. The Morgan fingerprint density at radius 2 is 1.56 bits per heavy atom. The van der Waals surface area contributed by atoms with E-state index in [1.807, 2.05) is 6.07 Å². The van der Waals surface area contributed by atoms with E-state index >= 15 is 0 Å². The first kappa shape index (κ1) is 14.9. The molecule has 0 aliphatic rings. The number of unbranched alkanes of at least 4 members (excludes halogenated alkanes) is 4. The number of aryl methyl sites for hydroxylation is 1. The van der Waals surface area contributed by atoms with Crippen LogP contribution in [0.1, 0.15) is 63.5 Å². The smallest absolute Gasteiger partial charge is 0.138 e. The molecule has 2 nitrogen and oxygen atoms in total. The summed E-state index contributed by atoms with van der Waals surface area (Å²) >= 11 is 0. The first-order valence-corrected chi connectivity index (χ1v) is 7.29. The molecule has 0 heterocycles. The van der Waals surface area contributed by atoms with Crippen LogP contribution in [0.2, 0.25) is 0 Å². The second kappa shape index (κ2) is 8.02. The fourth-order valence-corrected chi connectivity index (χ4v) is 2.34. The highest BCUT2D eigenvalue weighted by molar-refractivity contribution is 5.60. The number of nitrogens with two attached hydrogens (primary N) is 1. The van der Waals surface area contributed by atoms with Gasteiger partial charge < -0.3 is 10.8 Å². The molecular weight excluding hydrogens is 222 g/mol. The van der Waals surface area contributed by atoms with Gasteiger partial charge in [-0.15, -0.1) is 0 Å². The van der Waals surface area contributed by atoms with E-state index in [9.17, 15) is 5.11 Å². The largest absolute Gasteiger partial charge is 0.506 e. The number of hydrogen-bond donors (Lipinski definition) is 2. The molecule has 0 aliphatic carbocycles. The first-order valence-electron chi connectivity index (χ1n) is 7.29. The Morgan fingerprint density at radius 3 is 2.17 bits per heavy atom. The van der Waals surface area contributed by atoms with Crippen LogP contribution in [0.5, 0.6) is 5.75 Å². The van der Waals surface area contributed by atoms with Gasteiger partial charge in [0.2, 0.25) is 0 Å². The van der Waals surface area contributed by atoms with Crippen molar-refractivity contribution in [2.45, 2.75) is 65.2 Å². The molecule has 0 atom stereocenters. The number of aromatic hydroxyl groups is 1. The monoisotopic (exact) mass is 249 g/mol. The molecular formula is C16H27NO. The SMILES string of the molecule is CCCCCc1ccc(O)c(N)c1CCCCC. The van der Waals surface area contributed by atoms with E-state index in [0.29, 0.717) is 5.69 Å². The van der Waals surface area contributed by atoms with Crippen molar-refractivity contribution in [1.82, 2.24) is 0 Å². The van der Waals surface area contributed by atoms with Gasteiger partial charge in [-0.2, -0.15) is 0 Å². The number of phenolic OH excluding ortho intramolecular Hbond substituents is 1. The Balaban J connectivity index is 2.76. The lowest BCUT2D eigenvalue weighted by Gasteiger charge is -2.13. The van der Waals surface area contributed by atoms with E-state index in [0.717, 1.165) is 19.3 Å². The lowest BCUT2D eigenvalue weighted by molar-refractivity contribution is 0.476. The Morgan fingerprint density at radius 1 is 0.944 bits per heavy atom. The number of phenols is 1. The molecule has 0 spiro atoms. The maximum absolute atomic E-state index is 9.73. The van der Waals surface area contributed by atoms with Crippen molar-refractivity contribution in [1.29, 1.82) is 0 Å². The molecule has 0 bridgehead atoms. The van der Waals surface area contributed by atoms with Gasteiger partial charge in [-0.3, -0.25) is 0 Å². The first-order chi connectivity index (χ1) is 8.70. The van der Waals surface area contributed by atoms with E-state index in [1.54, 1.807) is 6.07 Å². The number of nitrogen functional groups attached to an aromatic ring is 1. The van der Waals surface area contributed by atoms with Crippen LogP contribution in [0.3, 0.4) is 0 Å². The van der Waals surface area contributed by atoms with Gasteiger partial charge in [0.05, 0.1) is 5.69 Å². The van der Waals surface area contributed by atoms with Crippen molar-refractivity contribution in [2.75, 3.05) is 5.73 Å². The van der Waals surface area contributed by atoms with Gasteiger partial charge in [0, 0.05) is 0 Å². The average molecular weight is 249 g/mol. The van der Waals surface area contributed by atoms with Crippen molar-refractivity contribution in [3.63, 3.8) is 0 Å². The van der Waals surface area contributed by atoms with Gasteiger partial charge in [-0.1, -0.05) is 45.6 Å². The average Bonchev–Trinajstić information content (AvgIpc) is 2.37. The molecule has 0 saturated heterocycles. The van der Waals surface area contributed by atoms with Crippen molar-refractivity contribution < 1.29 is 5.11 Å². The Kier molecular flexibility index (Phi) is 6.63. The zero-order chi connectivity index (χ0) is 13.4. The van der Waals surface area contributed by atoms with E-state index in [-0.39, 0.29) is 5.75 Å². The maximum atomic E-state index is 9.73. The molecule has 0 saturated carbocycles. The predicted molar refractivity (Wildman–Crippen MR) is 79.0 cm³/mol. The molecule has 1 rings (SSSR count). The van der Waals surface area contributed by atoms with Crippen molar-refractivity contribution in [3.8, 4) is 5.75 Å². The quantitative estimate of drug-likeness (QED) is 0.406. The van der Waals surface area contributed by atoms with E-state index in [2.05, 4.69) is 13.8 Å². The highest BCUT2D eigenvalue weighted by atomic mass is 16.3. The zero-order valence-electron chi connectivity index (χ0n) is 11.8. The minimum Gasteiger partial charge on any atom is -0.506 e. The van der Waals surface area contributed by atoms with Crippen LogP contribution < -0.4 is 5.73 Å². The summed E-state index contributed by atoms with van der Waals surface area (Å²) in [6.45, 7) is 4.42. The summed E-state index contributed by atoms with van der Waals surface area (Å²) < 4.78 is 0. The summed E-state index contributed by atoms with van der Waals surface area (Å²) in [6, 6.07) is 3.78. The van der Waals surface area contributed by atoms with Crippen LogP contribution >= 0.6 is 0 Å². The van der Waals surface area contributed by atoms with Gasteiger partial charge in [0.25, 0.3) is 0 Å². The summed E-state index contributed by atoms with van der Waals surface area (Å²) in [5.74, 6) is 0.237. The molecule has 0 amide bonds. The van der Waals surface area contributed by atoms with Gasteiger partial charge in [0.1, 0.15) is 5.75 Å². The summed E-state index contributed by atoms with van der Waals surface area (Å²) in [5, 5.41) is 9.73. The Labute approximate surface area is 111 Å². The van der Waals surface area contributed by atoms with E-state index in [4.69, 9.17) is 5.73 Å². The van der Waals surface area contributed by atoms with Crippen LogP contribution in [0.25, 0.3) is 0 Å². The van der Waals surface area contributed by atoms with Crippen LogP contribution in [-0.2, 0) is 12.8 Å². The molecule has 102 valence electrons. The standard InChI is InChI=1S/C16H27NO/c1-3-5-7-9-13-11-12-15(18)16(17)14(13)10-8-6-4-2/h11-12,18H,3-10,17H2,1-2H3. The van der Waals surface area contributed by atoms with E-state index in [1.165, 1.54) is 43.2 Å². The summed E-state index contributed by atoms with van der Waals surface area (Å²) in [6.07, 6.45) is 9.38. The molecule has 1 aromatic rings. The maximum Gasteiger partial charge on any atom is 0.138 e.